The molecule has 124 valence electrons. The van der Waals surface area contributed by atoms with Gasteiger partial charge in [0.2, 0.25) is 0 Å². The van der Waals surface area contributed by atoms with Crippen LogP contribution in [0.1, 0.15) is 27.7 Å². The summed E-state index contributed by atoms with van der Waals surface area (Å²) in [4.78, 5) is 0. The Hall–Kier alpha value is 1.23. The molecule has 5 nitrogen and oxygen atoms in total. The molecule has 0 radical (unpaired) electrons. The number of halogens is 1. The van der Waals surface area contributed by atoms with Gasteiger partial charge in [-0.2, -0.15) is 0 Å². The normalized spacial score (nSPS) is 44.5. The first-order valence-electron chi connectivity index (χ1n) is 6.97. The molecule has 3 fully saturated rings. The van der Waals surface area contributed by atoms with Crippen LogP contribution >= 0.6 is 21.6 Å². The van der Waals surface area contributed by atoms with E-state index in [9.17, 15) is 0 Å². The molecule has 3 rings (SSSR count). The number of ether oxygens (including phenoxy) is 4. The molecule has 0 N–H and O–H groups in total. The fraction of sp³-hybridized carbons (Fsp3) is 1.00. The summed E-state index contributed by atoms with van der Waals surface area (Å²) >= 11 is -0.512. The van der Waals surface area contributed by atoms with Crippen LogP contribution in [-0.4, -0.2) is 52.1 Å². The maximum atomic E-state index is 6.22. The van der Waals surface area contributed by atoms with Crippen LogP contribution in [0.2, 0.25) is 0 Å². The van der Waals surface area contributed by atoms with Crippen molar-refractivity contribution in [3.63, 3.8) is 0 Å². The molecular formula is C13H22IO5S2-. The molecule has 0 aliphatic carbocycles. The third-order valence-electron chi connectivity index (χ3n) is 3.50. The van der Waals surface area contributed by atoms with Crippen LogP contribution in [-0.2, 0) is 22.0 Å². The average molecular weight is 449 g/mol. The second-order valence-electron chi connectivity index (χ2n) is 6.19. The number of fused-ring (bicyclic) bond motifs is 3. The van der Waals surface area contributed by atoms with Crippen LogP contribution in [0.4, 0.5) is 0 Å². The summed E-state index contributed by atoms with van der Waals surface area (Å²) in [6.45, 7) is 7.82. The first-order chi connectivity index (χ1) is 9.81. The Bertz CT molecular complexity index is 395. The zero-order valence-electron chi connectivity index (χ0n) is 12.8. The Morgan fingerprint density at radius 2 is 1.71 bits per heavy atom. The van der Waals surface area contributed by atoms with Crippen LogP contribution in [0, 0.1) is 0 Å². The van der Waals surface area contributed by atoms with E-state index < -0.39 is 33.2 Å². The van der Waals surface area contributed by atoms with Gasteiger partial charge in [-0.3, -0.25) is 0 Å². The van der Waals surface area contributed by atoms with Crippen molar-refractivity contribution in [1.29, 1.82) is 0 Å². The standard InChI is InChI=1S/C13H22IO5S2/c1-12(2)16-9-7(6-21-20-5)15-11-8(10(9)17-12)14-19-13(3,4)18-11/h7-11H,6H2,1-5H3/q-1/t7-,8?,9+,10-,11?/m1/s1. The summed E-state index contributed by atoms with van der Waals surface area (Å²) in [7, 11) is 3.52. The van der Waals surface area contributed by atoms with Gasteiger partial charge in [-0.1, -0.05) is 0 Å². The molecule has 0 amide bonds. The molecule has 0 aromatic rings. The summed E-state index contributed by atoms with van der Waals surface area (Å²) in [5, 5.41) is 0. The number of hydrogen-bond donors (Lipinski definition) is 0. The van der Waals surface area contributed by atoms with Gasteiger partial charge in [-0.15, -0.1) is 0 Å². The van der Waals surface area contributed by atoms with E-state index in [0.29, 0.717) is 0 Å². The van der Waals surface area contributed by atoms with Crippen molar-refractivity contribution in [3.05, 3.63) is 0 Å². The zero-order valence-corrected chi connectivity index (χ0v) is 16.6. The van der Waals surface area contributed by atoms with E-state index in [1.807, 2.05) is 27.7 Å². The molecule has 3 saturated heterocycles. The van der Waals surface area contributed by atoms with Gasteiger partial charge < -0.3 is 0 Å². The monoisotopic (exact) mass is 449 g/mol. The minimum absolute atomic E-state index is 0.00613. The van der Waals surface area contributed by atoms with Crippen molar-refractivity contribution in [2.45, 2.75) is 67.8 Å². The molecule has 8 heteroatoms. The van der Waals surface area contributed by atoms with Gasteiger partial charge in [0.15, 0.2) is 0 Å². The van der Waals surface area contributed by atoms with Crippen molar-refractivity contribution in [2.75, 3.05) is 12.0 Å². The molecule has 0 aromatic heterocycles. The Kier molecular flexibility index (Phi) is 5.09. The van der Waals surface area contributed by atoms with Crippen molar-refractivity contribution in [2.24, 2.45) is 0 Å². The first kappa shape index (κ1) is 17.1. The van der Waals surface area contributed by atoms with Gasteiger partial charge in [0.25, 0.3) is 0 Å². The van der Waals surface area contributed by atoms with Gasteiger partial charge in [0, 0.05) is 0 Å². The van der Waals surface area contributed by atoms with E-state index in [-0.39, 0.29) is 28.5 Å². The first-order valence-corrected chi connectivity index (χ1v) is 11.8. The molecular weight excluding hydrogens is 427 g/mol. The molecule has 0 saturated carbocycles. The maximum absolute atomic E-state index is 6.22. The quantitative estimate of drug-likeness (QED) is 0.324. The zero-order chi connectivity index (χ0) is 15.3. The Labute approximate surface area is 144 Å². The molecule has 3 aliphatic rings. The van der Waals surface area contributed by atoms with Crippen LogP contribution < -0.4 is 21.6 Å². The van der Waals surface area contributed by atoms with Gasteiger partial charge in [0.05, 0.1) is 0 Å². The van der Waals surface area contributed by atoms with Gasteiger partial charge in [-0.25, -0.2) is 0 Å². The van der Waals surface area contributed by atoms with Crippen molar-refractivity contribution in [3.8, 4) is 0 Å². The number of rotatable bonds is 3. The predicted octanol–water partition coefficient (Wildman–Crippen LogP) is -0.602. The van der Waals surface area contributed by atoms with Crippen molar-refractivity contribution >= 4 is 21.6 Å². The van der Waals surface area contributed by atoms with E-state index in [0.717, 1.165) is 5.75 Å². The molecule has 0 aromatic carbocycles. The summed E-state index contributed by atoms with van der Waals surface area (Å²) in [6, 6.07) is 0. The van der Waals surface area contributed by atoms with Crippen LogP contribution in [0.5, 0.6) is 0 Å². The van der Waals surface area contributed by atoms with E-state index in [1.165, 1.54) is 0 Å². The second-order valence-corrected chi connectivity index (χ2v) is 11.2. The summed E-state index contributed by atoms with van der Waals surface area (Å²) < 4.78 is 30.5. The van der Waals surface area contributed by atoms with E-state index in [4.69, 9.17) is 22.0 Å². The second kappa shape index (κ2) is 6.27. The molecule has 5 atom stereocenters. The minimum atomic E-state index is -0.563. The summed E-state index contributed by atoms with van der Waals surface area (Å²) in [6.07, 6.45) is 1.80. The Balaban J connectivity index is 1.79. The third kappa shape index (κ3) is 3.67. The van der Waals surface area contributed by atoms with Crippen molar-refractivity contribution < 1.29 is 43.6 Å². The van der Waals surface area contributed by atoms with Crippen molar-refractivity contribution in [1.82, 2.24) is 0 Å². The predicted molar refractivity (Wildman–Crippen MR) is 78.5 cm³/mol. The topological polar surface area (TPSA) is 46.2 Å². The Morgan fingerprint density at radius 1 is 1.00 bits per heavy atom. The van der Waals surface area contributed by atoms with Gasteiger partial charge in [-0.05, 0) is 0 Å². The number of alkyl halides is 1. The Morgan fingerprint density at radius 3 is 2.43 bits per heavy atom. The fourth-order valence-corrected chi connectivity index (χ4v) is 6.50. The fourth-order valence-electron chi connectivity index (χ4n) is 2.74. The van der Waals surface area contributed by atoms with Gasteiger partial charge in [0.1, 0.15) is 0 Å². The molecule has 0 spiro atoms. The molecule has 0 bridgehead atoms. The molecule has 21 heavy (non-hydrogen) atoms. The third-order valence-corrected chi connectivity index (χ3v) is 8.51. The average Bonchev–Trinajstić information content (AvgIpc) is 2.70. The van der Waals surface area contributed by atoms with E-state index in [2.05, 4.69) is 6.26 Å². The molecule has 3 aliphatic heterocycles. The van der Waals surface area contributed by atoms with Gasteiger partial charge >= 0.3 is 145 Å². The van der Waals surface area contributed by atoms with E-state index >= 15 is 0 Å². The summed E-state index contributed by atoms with van der Waals surface area (Å²) in [5.41, 5.74) is 0. The SMILES string of the molecule is CSSC[C@H]1OC2OC(C)(C)O[I-]C2[C@H]2OC(C)(C)O[C@H]21. The van der Waals surface area contributed by atoms with Crippen LogP contribution in [0.25, 0.3) is 0 Å². The van der Waals surface area contributed by atoms with Crippen LogP contribution in [0.15, 0.2) is 0 Å². The molecule has 2 unspecified atom stereocenters. The molecule has 3 heterocycles. The summed E-state index contributed by atoms with van der Waals surface area (Å²) in [5.74, 6) is -0.256. The van der Waals surface area contributed by atoms with E-state index in [1.54, 1.807) is 21.6 Å². The van der Waals surface area contributed by atoms with Crippen LogP contribution in [0.3, 0.4) is 0 Å². The number of hydrogen-bond acceptors (Lipinski definition) is 7.